The average molecular weight is 421 g/mol. The first-order chi connectivity index (χ1) is 14.6. The lowest BCUT2D eigenvalue weighted by Crippen LogP contribution is -2.23. The van der Waals surface area contributed by atoms with Crippen molar-refractivity contribution in [2.24, 2.45) is 5.92 Å². The van der Waals surface area contributed by atoms with Gasteiger partial charge in [0, 0.05) is 11.0 Å². The number of aliphatic carboxylic acids is 1. The van der Waals surface area contributed by atoms with Gasteiger partial charge >= 0.3 is 5.97 Å². The second kappa shape index (κ2) is 11.5. The molecule has 2 atom stereocenters. The highest BCUT2D eigenvalue weighted by molar-refractivity contribution is 7.99. The summed E-state index contributed by atoms with van der Waals surface area (Å²) in [5, 5.41) is 10.1. The van der Waals surface area contributed by atoms with E-state index in [4.69, 9.17) is 4.74 Å². The second-order valence-electron chi connectivity index (χ2n) is 7.43. The van der Waals surface area contributed by atoms with E-state index in [1.165, 1.54) is 11.1 Å². The highest BCUT2D eigenvalue weighted by atomic mass is 32.2. The van der Waals surface area contributed by atoms with Crippen molar-refractivity contribution in [3.63, 3.8) is 0 Å². The largest absolute Gasteiger partial charge is 0.497 e. The summed E-state index contributed by atoms with van der Waals surface area (Å²) < 4.78 is 5.24. The molecule has 0 aliphatic heterocycles. The topological polar surface area (TPSA) is 46.5 Å². The molecule has 0 bridgehead atoms. The minimum atomic E-state index is -0.720. The highest BCUT2D eigenvalue weighted by Gasteiger charge is 2.24. The fraction of sp³-hybridized carbons (Fsp3) is 0.269. The molecule has 30 heavy (non-hydrogen) atoms. The Balaban J connectivity index is 1.70. The maximum atomic E-state index is 12.0. The Labute approximate surface area is 183 Å². The van der Waals surface area contributed by atoms with Crippen molar-refractivity contribution >= 4 is 17.7 Å². The second-order valence-corrected chi connectivity index (χ2v) is 8.72. The molecule has 3 nitrogen and oxygen atoms in total. The van der Waals surface area contributed by atoms with Crippen LogP contribution in [0.2, 0.25) is 0 Å². The van der Waals surface area contributed by atoms with Crippen LogP contribution in [0.25, 0.3) is 0 Å². The van der Waals surface area contributed by atoms with Gasteiger partial charge in [0.15, 0.2) is 0 Å². The third kappa shape index (κ3) is 6.96. The number of rotatable bonds is 11. The predicted octanol–water partition coefficient (Wildman–Crippen LogP) is 5.87. The molecular weight excluding hydrogens is 392 g/mol. The molecule has 4 heteroatoms. The van der Waals surface area contributed by atoms with Gasteiger partial charge in [-0.05, 0) is 48.1 Å². The first-order valence-corrected chi connectivity index (χ1v) is 11.2. The number of hydrogen-bond acceptors (Lipinski definition) is 3. The van der Waals surface area contributed by atoms with Gasteiger partial charge in [0.2, 0.25) is 0 Å². The summed E-state index contributed by atoms with van der Waals surface area (Å²) in [5.41, 5.74) is 3.53. The maximum Gasteiger partial charge on any atom is 0.306 e. The molecule has 3 aromatic carbocycles. The Morgan fingerprint density at radius 2 is 1.40 bits per heavy atom. The number of thioether (sulfide) groups is 1. The lowest BCUT2D eigenvalue weighted by atomic mass is 9.93. The van der Waals surface area contributed by atoms with Crippen LogP contribution in [0.1, 0.15) is 23.1 Å². The van der Waals surface area contributed by atoms with Crippen LogP contribution in [0.3, 0.4) is 0 Å². The molecule has 156 valence electrons. The van der Waals surface area contributed by atoms with Crippen molar-refractivity contribution in [2.75, 3.05) is 7.11 Å². The first kappa shape index (κ1) is 22.0. The van der Waals surface area contributed by atoms with Crippen LogP contribution in [0.5, 0.6) is 5.75 Å². The summed E-state index contributed by atoms with van der Waals surface area (Å²) >= 11 is 1.84. The summed E-state index contributed by atoms with van der Waals surface area (Å²) in [6.45, 7) is 0. The van der Waals surface area contributed by atoms with E-state index in [1.807, 2.05) is 72.4 Å². The van der Waals surface area contributed by atoms with Crippen molar-refractivity contribution in [1.29, 1.82) is 0 Å². The van der Waals surface area contributed by atoms with Crippen molar-refractivity contribution < 1.29 is 14.6 Å². The van der Waals surface area contributed by atoms with E-state index in [0.29, 0.717) is 12.8 Å². The van der Waals surface area contributed by atoms with Gasteiger partial charge in [-0.3, -0.25) is 4.79 Å². The number of methoxy groups -OCH3 is 1. The van der Waals surface area contributed by atoms with E-state index < -0.39 is 11.9 Å². The van der Waals surface area contributed by atoms with E-state index in [1.54, 1.807) is 7.11 Å². The molecule has 0 aliphatic carbocycles. The van der Waals surface area contributed by atoms with Crippen LogP contribution in [-0.4, -0.2) is 23.4 Å². The van der Waals surface area contributed by atoms with E-state index in [0.717, 1.165) is 23.5 Å². The van der Waals surface area contributed by atoms with E-state index in [2.05, 4.69) is 24.3 Å². The number of benzene rings is 3. The molecule has 0 spiro atoms. The minimum Gasteiger partial charge on any atom is -0.497 e. The number of carboxylic acids is 1. The summed E-state index contributed by atoms with van der Waals surface area (Å²) in [5.74, 6) is 0.573. The summed E-state index contributed by atoms with van der Waals surface area (Å²) in [6, 6.07) is 28.3. The van der Waals surface area contributed by atoms with Gasteiger partial charge in [-0.15, -0.1) is 0 Å². The molecule has 1 N–H and O–H groups in total. The van der Waals surface area contributed by atoms with Gasteiger partial charge in [0.25, 0.3) is 0 Å². The number of ether oxygens (including phenoxy) is 1. The number of carbonyl (C=O) groups is 1. The zero-order chi connectivity index (χ0) is 21.2. The quantitative estimate of drug-likeness (QED) is 0.421. The Bertz CT molecular complexity index is 895. The van der Waals surface area contributed by atoms with Crippen LogP contribution in [0, 0.1) is 5.92 Å². The SMILES string of the molecule is COc1ccc(CSC(Cc2ccccc2)CC(Cc2ccccc2)C(=O)O)cc1. The third-order valence-corrected chi connectivity index (χ3v) is 6.50. The monoisotopic (exact) mass is 420 g/mol. The minimum absolute atomic E-state index is 0.222. The van der Waals surface area contributed by atoms with Crippen molar-refractivity contribution in [3.05, 3.63) is 102 Å². The zero-order valence-corrected chi connectivity index (χ0v) is 18.1. The van der Waals surface area contributed by atoms with Gasteiger partial charge in [-0.2, -0.15) is 11.8 Å². The molecule has 0 aliphatic rings. The van der Waals surface area contributed by atoms with Crippen LogP contribution in [-0.2, 0) is 23.4 Å². The molecule has 2 unspecified atom stereocenters. The summed E-state index contributed by atoms with van der Waals surface area (Å²) in [6.07, 6.45) is 2.06. The van der Waals surface area contributed by atoms with Crippen LogP contribution < -0.4 is 4.74 Å². The fourth-order valence-corrected chi connectivity index (χ4v) is 4.81. The van der Waals surface area contributed by atoms with Crippen molar-refractivity contribution in [2.45, 2.75) is 30.3 Å². The molecule has 0 heterocycles. The fourth-order valence-electron chi connectivity index (χ4n) is 3.51. The van der Waals surface area contributed by atoms with Crippen LogP contribution in [0.4, 0.5) is 0 Å². The molecule has 0 amide bonds. The Morgan fingerprint density at radius 1 is 0.833 bits per heavy atom. The Kier molecular flexibility index (Phi) is 8.40. The molecule has 0 fully saturated rings. The van der Waals surface area contributed by atoms with Crippen LogP contribution >= 0.6 is 11.8 Å². The Hall–Kier alpha value is -2.72. The lowest BCUT2D eigenvalue weighted by Gasteiger charge is -2.21. The molecule has 0 radical (unpaired) electrons. The standard InChI is InChI=1S/C26H28O3S/c1-29-24-14-12-22(13-15-24)19-30-25(17-21-10-6-3-7-11-21)18-23(26(27)28)16-20-8-4-2-5-9-20/h2-15,23,25H,16-19H2,1H3,(H,27,28). The molecule has 0 saturated heterocycles. The molecule has 3 aromatic rings. The number of hydrogen-bond donors (Lipinski definition) is 1. The smallest absolute Gasteiger partial charge is 0.306 e. The van der Waals surface area contributed by atoms with E-state index >= 15 is 0 Å². The first-order valence-electron chi connectivity index (χ1n) is 10.2. The summed E-state index contributed by atoms with van der Waals surface area (Å²) in [7, 11) is 1.67. The van der Waals surface area contributed by atoms with Gasteiger partial charge in [-0.1, -0.05) is 72.8 Å². The zero-order valence-electron chi connectivity index (χ0n) is 17.2. The third-order valence-electron chi connectivity index (χ3n) is 5.17. The van der Waals surface area contributed by atoms with Gasteiger partial charge in [0.05, 0.1) is 13.0 Å². The van der Waals surface area contributed by atoms with Gasteiger partial charge in [-0.25, -0.2) is 0 Å². The van der Waals surface area contributed by atoms with Gasteiger partial charge in [0.1, 0.15) is 5.75 Å². The van der Waals surface area contributed by atoms with Gasteiger partial charge < -0.3 is 9.84 Å². The summed E-state index contributed by atoms with van der Waals surface area (Å²) in [4.78, 5) is 12.0. The van der Waals surface area contributed by atoms with Crippen molar-refractivity contribution in [3.8, 4) is 5.75 Å². The lowest BCUT2D eigenvalue weighted by molar-refractivity contribution is -0.141. The number of carboxylic acid groups (broad SMARTS) is 1. The predicted molar refractivity (Wildman–Crippen MR) is 124 cm³/mol. The molecule has 0 aromatic heterocycles. The molecule has 0 saturated carbocycles. The molecular formula is C26H28O3S. The normalized spacial score (nSPS) is 12.8. The Morgan fingerprint density at radius 3 is 1.93 bits per heavy atom. The highest BCUT2D eigenvalue weighted by Crippen LogP contribution is 2.29. The van der Waals surface area contributed by atoms with Crippen molar-refractivity contribution in [1.82, 2.24) is 0 Å². The molecule has 3 rings (SSSR count). The van der Waals surface area contributed by atoms with E-state index in [9.17, 15) is 9.90 Å². The average Bonchev–Trinajstić information content (AvgIpc) is 2.78. The van der Waals surface area contributed by atoms with Crippen LogP contribution in [0.15, 0.2) is 84.9 Å². The van der Waals surface area contributed by atoms with E-state index in [-0.39, 0.29) is 5.25 Å². The maximum absolute atomic E-state index is 12.0.